The Kier molecular flexibility index (Phi) is 4.06. The van der Waals surface area contributed by atoms with Gasteiger partial charge in [0.25, 0.3) is 5.91 Å². The summed E-state index contributed by atoms with van der Waals surface area (Å²) in [5.41, 5.74) is 0.593. The van der Waals surface area contributed by atoms with Crippen LogP contribution in [0.25, 0.3) is 0 Å². The summed E-state index contributed by atoms with van der Waals surface area (Å²) in [6.07, 6.45) is 0. The minimum absolute atomic E-state index is 0.0247. The van der Waals surface area contributed by atoms with Crippen molar-refractivity contribution in [2.75, 3.05) is 12.3 Å². The molecular formula is C15H14ClNOS2. The molecule has 2 heterocycles. The van der Waals surface area contributed by atoms with Gasteiger partial charge in [-0.15, -0.1) is 23.1 Å². The first-order valence-electron chi connectivity index (χ1n) is 6.40. The standard InChI is InChI=1S/C15H14ClNOS2/c1-10-6-7-13(20-10)15-17(8-9-19-15)14(18)11-4-2-3-5-12(11)16/h2-7,15H,8-9H2,1H3/t15-/m1/s1. The fourth-order valence-electron chi connectivity index (χ4n) is 2.29. The number of carbonyl (C=O) groups excluding carboxylic acids is 1. The first-order valence-corrected chi connectivity index (χ1v) is 8.64. The zero-order valence-corrected chi connectivity index (χ0v) is 13.4. The molecule has 0 bridgehead atoms. The summed E-state index contributed by atoms with van der Waals surface area (Å²) >= 11 is 9.72. The Hall–Kier alpha value is -0.970. The topological polar surface area (TPSA) is 20.3 Å². The minimum atomic E-state index is 0.0247. The summed E-state index contributed by atoms with van der Waals surface area (Å²) < 4.78 is 0. The van der Waals surface area contributed by atoms with E-state index in [1.807, 2.05) is 28.8 Å². The van der Waals surface area contributed by atoms with Crippen molar-refractivity contribution in [2.45, 2.75) is 12.3 Å². The number of aryl methyl sites for hydroxylation is 1. The number of amides is 1. The van der Waals surface area contributed by atoms with Gasteiger partial charge in [-0.05, 0) is 31.2 Å². The van der Waals surface area contributed by atoms with Crippen LogP contribution in [0.1, 0.15) is 25.5 Å². The lowest BCUT2D eigenvalue weighted by atomic mass is 10.2. The summed E-state index contributed by atoms with van der Waals surface area (Å²) in [7, 11) is 0. The van der Waals surface area contributed by atoms with Gasteiger partial charge in [0.15, 0.2) is 0 Å². The maximum atomic E-state index is 12.7. The highest BCUT2D eigenvalue weighted by molar-refractivity contribution is 7.99. The number of nitrogens with zero attached hydrogens (tertiary/aromatic N) is 1. The third-order valence-electron chi connectivity index (χ3n) is 3.26. The van der Waals surface area contributed by atoms with Crippen LogP contribution in [-0.2, 0) is 0 Å². The van der Waals surface area contributed by atoms with E-state index in [9.17, 15) is 4.79 Å². The van der Waals surface area contributed by atoms with Gasteiger partial charge in [0.05, 0.1) is 10.6 Å². The van der Waals surface area contributed by atoms with Crippen LogP contribution in [0.4, 0.5) is 0 Å². The van der Waals surface area contributed by atoms with E-state index >= 15 is 0 Å². The van der Waals surface area contributed by atoms with Crippen LogP contribution in [0.3, 0.4) is 0 Å². The third-order valence-corrected chi connectivity index (χ3v) is 6.03. The van der Waals surface area contributed by atoms with Crippen molar-refractivity contribution >= 4 is 40.6 Å². The maximum Gasteiger partial charge on any atom is 0.256 e. The van der Waals surface area contributed by atoms with Crippen molar-refractivity contribution in [1.29, 1.82) is 0 Å². The molecule has 0 N–H and O–H groups in total. The van der Waals surface area contributed by atoms with Crippen LogP contribution in [0.2, 0.25) is 5.02 Å². The molecule has 20 heavy (non-hydrogen) atoms. The van der Waals surface area contributed by atoms with E-state index < -0.39 is 0 Å². The number of benzene rings is 1. The summed E-state index contributed by atoms with van der Waals surface area (Å²) in [4.78, 5) is 17.1. The second-order valence-electron chi connectivity index (χ2n) is 4.65. The summed E-state index contributed by atoms with van der Waals surface area (Å²) in [5, 5.41) is 0.646. The van der Waals surface area contributed by atoms with Crippen molar-refractivity contribution in [2.24, 2.45) is 0 Å². The van der Waals surface area contributed by atoms with Crippen molar-refractivity contribution in [3.8, 4) is 0 Å². The average molecular weight is 324 g/mol. The molecule has 1 amide bonds. The Morgan fingerprint density at radius 2 is 2.10 bits per heavy atom. The van der Waals surface area contributed by atoms with Gasteiger partial charge in [0.2, 0.25) is 0 Å². The van der Waals surface area contributed by atoms with E-state index in [0.717, 1.165) is 12.3 Å². The molecule has 2 aromatic rings. The first kappa shape index (κ1) is 14.0. The van der Waals surface area contributed by atoms with Crippen LogP contribution in [0.5, 0.6) is 0 Å². The number of carbonyl (C=O) groups is 1. The van der Waals surface area contributed by atoms with Crippen LogP contribution < -0.4 is 0 Å². The highest BCUT2D eigenvalue weighted by Gasteiger charge is 2.32. The monoisotopic (exact) mass is 323 g/mol. The minimum Gasteiger partial charge on any atom is -0.321 e. The lowest BCUT2D eigenvalue weighted by Crippen LogP contribution is -2.30. The number of thioether (sulfide) groups is 1. The molecule has 104 valence electrons. The van der Waals surface area contributed by atoms with Crippen LogP contribution >= 0.6 is 34.7 Å². The van der Waals surface area contributed by atoms with Crippen LogP contribution in [0.15, 0.2) is 36.4 Å². The van der Waals surface area contributed by atoms with Gasteiger partial charge in [0, 0.05) is 22.1 Å². The van der Waals surface area contributed by atoms with Gasteiger partial charge in [-0.3, -0.25) is 4.79 Å². The quantitative estimate of drug-likeness (QED) is 0.805. The normalized spacial score (nSPS) is 18.5. The van der Waals surface area contributed by atoms with Crippen molar-refractivity contribution in [1.82, 2.24) is 4.90 Å². The van der Waals surface area contributed by atoms with Gasteiger partial charge in [-0.1, -0.05) is 23.7 Å². The molecule has 5 heteroatoms. The largest absolute Gasteiger partial charge is 0.321 e. The van der Waals surface area contributed by atoms with Crippen LogP contribution in [-0.4, -0.2) is 23.1 Å². The molecule has 1 aromatic carbocycles. The van der Waals surface area contributed by atoms with Gasteiger partial charge in [-0.2, -0.15) is 0 Å². The lowest BCUT2D eigenvalue weighted by molar-refractivity contribution is 0.0762. The van der Waals surface area contributed by atoms with E-state index in [0.29, 0.717) is 10.6 Å². The second kappa shape index (κ2) is 5.80. The molecule has 3 rings (SSSR count). The first-order chi connectivity index (χ1) is 9.66. The van der Waals surface area contributed by atoms with Crippen molar-refractivity contribution < 1.29 is 4.79 Å². The van der Waals surface area contributed by atoms with Crippen molar-refractivity contribution in [3.63, 3.8) is 0 Å². The van der Waals surface area contributed by atoms with E-state index in [4.69, 9.17) is 11.6 Å². The zero-order valence-electron chi connectivity index (χ0n) is 11.0. The average Bonchev–Trinajstić information content (AvgIpc) is 3.06. The molecule has 1 aliphatic rings. The summed E-state index contributed by atoms with van der Waals surface area (Å²) in [6.45, 7) is 2.87. The fourth-order valence-corrected chi connectivity index (χ4v) is 4.88. The van der Waals surface area contributed by atoms with Gasteiger partial charge >= 0.3 is 0 Å². The van der Waals surface area contributed by atoms with Gasteiger partial charge in [-0.25, -0.2) is 0 Å². The molecule has 2 nitrogen and oxygen atoms in total. The predicted octanol–water partition coefficient (Wildman–Crippen LogP) is 4.60. The Balaban J connectivity index is 1.89. The van der Waals surface area contributed by atoms with Gasteiger partial charge < -0.3 is 4.90 Å². The zero-order chi connectivity index (χ0) is 14.1. The summed E-state index contributed by atoms with van der Waals surface area (Å²) in [5.74, 6) is 0.995. The number of thiophene rings is 1. The maximum absolute atomic E-state index is 12.7. The molecule has 1 aromatic heterocycles. The second-order valence-corrected chi connectivity index (χ2v) is 7.56. The molecule has 1 fully saturated rings. The Morgan fingerprint density at radius 1 is 1.30 bits per heavy atom. The highest BCUT2D eigenvalue weighted by Crippen LogP contribution is 2.41. The molecular weight excluding hydrogens is 310 g/mol. The number of halogens is 1. The fraction of sp³-hybridized carbons (Fsp3) is 0.267. The third kappa shape index (κ3) is 2.60. The predicted molar refractivity (Wildman–Crippen MR) is 86.7 cm³/mol. The van der Waals surface area contributed by atoms with E-state index in [2.05, 4.69) is 19.1 Å². The van der Waals surface area contributed by atoms with E-state index in [1.165, 1.54) is 9.75 Å². The number of hydrogen-bond acceptors (Lipinski definition) is 3. The molecule has 0 radical (unpaired) electrons. The Morgan fingerprint density at radius 3 is 2.80 bits per heavy atom. The van der Waals surface area contributed by atoms with Crippen molar-refractivity contribution in [3.05, 3.63) is 56.7 Å². The van der Waals surface area contributed by atoms with Crippen LogP contribution in [0, 0.1) is 6.92 Å². The highest BCUT2D eigenvalue weighted by atomic mass is 35.5. The Bertz CT molecular complexity index is 640. The lowest BCUT2D eigenvalue weighted by Gasteiger charge is -2.23. The molecule has 0 unspecified atom stereocenters. The number of rotatable bonds is 2. The molecule has 0 saturated carbocycles. The smallest absolute Gasteiger partial charge is 0.256 e. The molecule has 1 aliphatic heterocycles. The van der Waals surface area contributed by atoms with Gasteiger partial charge in [0.1, 0.15) is 5.37 Å². The molecule has 1 atom stereocenters. The molecule has 0 aliphatic carbocycles. The van der Waals surface area contributed by atoms with E-state index in [-0.39, 0.29) is 11.3 Å². The molecule has 1 saturated heterocycles. The van der Waals surface area contributed by atoms with E-state index in [1.54, 1.807) is 23.5 Å². The SMILES string of the molecule is Cc1ccc([C@H]2SCCN2C(=O)c2ccccc2Cl)s1. The Labute approximate surface area is 131 Å². The molecule has 0 spiro atoms. The number of hydrogen-bond donors (Lipinski definition) is 0. The summed E-state index contributed by atoms with van der Waals surface area (Å²) in [6, 6.07) is 11.5.